The molecule has 0 aromatic rings. The van der Waals surface area contributed by atoms with Crippen LogP contribution in [0, 0.1) is 0 Å². The van der Waals surface area contributed by atoms with E-state index in [2.05, 4.69) is 20.9 Å². The van der Waals surface area contributed by atoms with Gasteiger partial charge in [-0.25, -0.2) is 4.79 Å². The predicted molar refractivity (Wildman–Crippen MR) is 128 cm³/mol. The van der Waals surface area contributed by atoms with E-state index in [1.54, 1.807) is 0 Å². The lowest BCUT2D eigenvalue weighted by Gasteiger charge is -2.32. The number of nitrogens with one attached hydrogen (secondary N) is 3. The number of halogens is 1. The third-order valence-electron chi connectivity index (χ3n) is 5.45. The molecule has 0 aromatic carbocycles. The fraction of sp³-hybridized carbons (Fsp3) is 0.905. The van der Waals surface area contributed by atoms with Gasteiger partial charge < -0.3 is 25.8 Å². The maximum absolute atomic E-state index is 11.9. The molecule has 0 aromatic heterocycles. The number of carbonyl (C=O) groups excluding carboxylic acids is 1. The average Bonchev–Trinajstić information content (AvgIpc) is 2.61. The largest absolute Gasteiger partial charge is 0.444 e. The van der Waals surface area contributed by atoms with Crippen molar-refractivity contribution in [1.82, 2.24) is 16.0 Å². The Balaban J connectivity index is 0.00000420. The molecular formula is C21H41IN4O3. The third kappa shape index (κ3) is 10.2. The molecule has 0 unspecified atom stereocenters. The van der Waals surface area contributed by atoms with E-state index in [1.165, 1.54) is 6.42 Å². The minimum atomic E-state index is -0.643. The summed E-state index contributed by atoms with van der Waals surface area (Å²) in [6, 6.07) is 0.492. The van der Waals surface area contributed by atoms with Gasteiger partial charge >= 0.3 is 6.09 Å². The highest BCUT2D eigenvalue weighted by molar-refractivity contribution is 14.0. The molecule has 8 heteroatoms. The fourth-order valence-electron chi connectivity index (χ4n) is 3.96. The smallest absolute Gasteiger partial charge is 0.407 e. The van der Waals surface area contributed by atoms with Gasteiger partial charge in [0, 0.05) is 18.6 Å². The van der Waals surface area contributed by atoms with Gasteiger partial charge in [-0.3, -0.25) is 4.99 Å². The van der Waals surface area contributed by atoms with E-state index < -0.39 is 11.2 Å². The zero-order valence-corrected chi connectivity index (χ0v) is 20.9. The Morgan fingerprint density at radius 1 is 1.07 bits per heavy atom. The monoisotopic (exact) mass is 524 g/mol. The van der Waals surface area contributed by atoms with Gasteiger partial charge in [0.1, 0.15) is 5.60 Å². The molecular weight excluding hydrogens is 483 g/mol. The van der Waals surface area contributed by atoms with Crippen LogP contribution in [0.4, 0.5) is 4.79 Å². The lowest BCUT2D eigenvalue weighted by atomic mass is 9.85. The summed E-state index contributed by atoms with van der Waals surface area (Å²) in [6.07, 6.45) is 8.51. The van der Waals surface area contributed by atoms with Crippen LogP contribution in [0.2, 0.25) is 0 Å². The summed E-state index contributed by atoms with van der Waals surface area (Å²) < 4.78 is 5.34. The first-order valence-corrected chi connectivity index (χ1v) is 11.0. The van der Waals surface area contributed by atoms with Crippen molar-refractivity contribution < 1.29 is 14.6 Å². The number of guanidine groups is 1. The van der Waals surface area contributed by atoms with Crippen molar-refractivity contribution >= 4 is 36.0 Å². The van der Waals surface area contributed by atoms with Crippen LogP contribution in [0.25, 0.3) is 0 Å². The topological polar surface area (TPSA) is 95.0 Å². The standard InChI is InChI=1S/C21H40N4O3.HI/c1-5-22-18(23-15-21(27)13-7-6-8-14-21)24-16-9-11-17(12-10-16)25-19(26)28-20(2,3)4;/h16-17,27H,5-15H2,1-4H3,(H,25,26)(H2,22,23,24);1H. The van der Waals surface area contributed by atoms with Gasteiger partial charge in [-0.15, -0.1) is 24.0 Å². The van der Waals surface area contributed by atoms with Crippen LogP contribution in [0.1, 0.15) is 85.5 Å². The molecule has 2 aliphatic carbocycles. The first-order chi connectivity index (χ1) is 13.2. The summed E-state index contributed by atoms with van der Waals surface area (Å²) in [6.45, 7) is 8.92. The Labute approximate surface area is 193 Å². The minimum absolute atomic E-state index is 0. The molecule has 2 aliphatic rings. The average molecular weight is 524 g/mol. The molecule has 0 saturated heterocycles. The van der Waals surface area contributed by atoms with Gasteiger partial charge in [0.15, 0.2) is 5.96 Å². The highest BCUT2D eigenvalue weighted by Crippen LogP contribution is 2.28. The van der Waals surface area contributed by atoms with Crippen molar-refractivity contribution in [2.75, 3.05) is 13.1 Å². The Kier molecular flexibility index (Phi) is 11.0. The predicted octanol–water partition coefficient (Wildman–Crippen LogP) is 3.69. The molecule has 170 valence electrons. The summed E-state index contributed by atoms with van der Waals surface area (Å²) >= 11 is 0. The Hall–Kier alpha value is -0.770. The van der Waals surface area contributed by atoms with Gasteiger partial charge in [-0.2, -0.15) is 0 Å². The second kappa shape index (κ2) is 12.2. The fourth-order valence-corrected chi connectivity index (χ4v) is 3.96. The molecule has 2 rings (SSSR count). The van der Waals surface area contributed by atoms with Crippen LogP contribution in [0.15, 0.2) is 4.99 Å². The van der Waals surface area contributed by atoms with Crippen molar-refractivity contribution in [1.29, 1.82) is 0 Å². The lowest BCUT2D eigenvalue weighted by Crippen LogP contribution is -2.48. The Morgan fingerprint density at radius 3 is 2.14 bits per heavy atom. The number of hydrogen-bond donors (Lipinski definition) is 4. The summed E-state index contributed by atoms with van der Waals surface area (Å²) in [4.78, 5) is 16.6. The molecule has 29 heavy (non-hydrogen) atoms. The third-order valence-corrected chi connectivity index (χ3v) is 5.45. The van der Waals surface area contributed by atoms with Crippen molar-refractivity contribution in [3.05, 3.63) is 0 Å². The number of alkyl carbamates (subject to hydrolysis) is 1. The number of rotatable bonds is 5. The molecule has 4 N–H and O–H groups in total. The molecule has 2 fully saturated rings. The zero-order chi connectivity index (χ0) is 20.6. The first kappa shape index (κ1) is 26.3. The van der Waals surface area contributed by atoms with Gasteiger partial charge in [0.25, 0.3) is 0 Å². The summed E-state index contributed by atoms with van der Waals surface area (Å²) in [5.41, 5.74) is -1.11. The highest BCUT2D eigenvalue weighted by Gasteiger charge is 2.29. The molecule has 0 atom stereocenters. The van der Waals surface area contributed by atoms with Crippen LogP contribution in [-0.2, 0) is 4.74 Å². The highest BCUT2D eigenvalue weighted by atomic mass is 127. The van der Waals surface area contributed by atoms with Gasteiger partial charge in [0.05, 0.1) is 12.1 Å². The van der Waals surface area contributed by atoms with E-state index in [9.17, 15) is 9.90 Å². The lowest BCUT2D eigenvalue weighted by molar-refractivity contribution is 0.0131. The quantitative estimate of drug-likeness (QED) is 0.250. The Bertz CT molecular complexity index is 523. The zero-order valence-electron chi connectivity index (χ0n) is 18.6. The van der Waals surface area contributed by atoms with Crippen LogP contribution >= 0.6 is 24.0 Å². The maximum atomic E-state index is 11.9. The second-order valence-corrected chi connectivity index (χ2v) is 9.32. The summed E-state index contributed by atoms with van der Waals surface area (Å²) in [7, 11) is 0. The second-order valence-electron chi connectivity index (χ2n) is 9.32. The molecule has 1 amide bonds. The number of nitrogens with zero attached hydrogens (tertiary/aromatic N) is 1. The van der Waals surface area contributed by atoms with Gasteiger partial charge in [-0.1, -0.05) is 19.3 Å². The SMILES string of the molecule is CCNC(=NCC1(O)CCCCC1)NC1CCC(NC(=O)OC(C)(C)C)CC1.I. The minimum Gasteiger partial charge on any atom is -0.444 e. The Morgan fingerprint density at radius 2 is 1.62 bits per heavy atom. The van der Waals surface area contributed by atoms with E-state index >= 15 is 0 Å². The van der Waals surface area contributed by atoms with E-state index in [1.807, 2.05) is 27.7 Å². The molecule has 0 spiro atoms. The molecule has 0 radical (unpaired) electrons. The van der Waals surface area contributed by atoms with Gasteiger partial charge in [-0.05, 0) is 66.2 Å². The normalized spacial score (nSPS) is 24.8. The van der Waals surface area contributed by atoms with E-state index in [4.69, 9.17) is 4.74 Å². The van der Waals surface area contributed by atoms with Crippen LogP contribution in [0.3, 0.4) is 0 Å². The van der Waals surface area contributed by atoms with Crippen molar-refractivity contribution in [2.45, 2.75) is 109 Å². The number of aliphatic hydroxyl groups is 1. The van der Waals surface area contributed by atoms with E-state index in [0.29, 0.717) is 12.6 Å². The number of aliphatic imine (C=N–C) groups is 1. The van der Waals surface area contributed by atoms with Crippen LogP contribution in [-0.4, -0.2) is 53.5 Å². The van der Waals surface area contributed by atoms with Gasteiger partial charge in [0.2, 0.25) is 0 Å². The molecule has 0 bridgehead atoms. The van der Waals surface area contributed by atoms with Crippen LogP contribution in [0.5, 0.6) is 0 Å². The summed E-state index contributed by atoms with van der Waals surface area (Å²) in [5.74, 6) is 0.782. The van der Waals surface area contributed by atoms with Crippen molar-refractivity contribution in [2.24, 2.45) is 4.99 Å². The van der Waals surface area contributed by atoms with Crippen LogP contribution < -0.4 is 16.0 Å². The number of hydrogen-bond acceptors (Lipinski definition) is 4. The molecule has 0 heterocycles. The number of ether oxygens (including phenoxy) is 1. The van der Waals surface area contributed by atoms with E-state index in [-0.39, 0.29) is 36.1 Å². The molecule has 7 nitrogen and oxygen atoms in total. The molecule has 2 saturated carbocycles. The van der Waals surface area contributed by atoms with Crippen molar-refractivity contribution in [3.8, 4) is 0 Å². The van der Waals surface area contributed by atoms with E-state index in [0.717, 1.165) is 63.9 Å². The molecule has 0 aliphatic heterocycles. The number of amides is 1. The first-order valence-electron chi connectivity index (χ1n) is 11.0. The maximum Gasteiger partial charge on any atom is 0.407 e. The summed E-state index contributed by atoms with van der Waals surface area (Å²) in [5, 5.41) is 20.5. The number of carbonyl (C=O) groups is 1. The van der Waals surface area contributed by atoms with Crippen molar-refractivity contribution in [3.63, 3.8) is 0 Å².